The molecule has 0 amide bonds. The van der Waals surface area contributed by atoms with E-state index in [0.29, 0.717) is 0 Å². The second-order valence-corrected chi connectivity index (χ2v) is 3.38. The molecule has 0 bridgehead atoms. The van der Waals surface area contributed by atoms with Crippen LogP contribution in [0.5, 0.6) is 5.75 Å². The van der Waals surface area contributed by atoms with Gasteiger partial charge in [-0.05, 0) is 30.5 Å². The van der Waals surface area contributed by atoms with Crippen LogP contribution in [-0.4, -0.2) is 13.4 Å². The standard InChI is InChI=1S/C12H16O2/c1-4-10(8-13)11-6-5-9(2)12(7-11)14-3/h5-8,10H,4H2,1-3H3. The smallest absolute Gasteiger partial charge is 0.127 e. The summed E-state index contributed by atoms with van der Waals surface area (Å²) in [6.07, 6.45) is 1.82. The van der Waals surface area contributed by atoms with Crippen LogP contribution in [0, 0.1) is 6.92 Å². The lowest BCUT2D eigenvalue weighted by molar-refractivity contribution is -0.109. The number of carbonyl (C=O) groups is 1. The third-order valence-electron chi connectivity index (χ3n) is 2.46. The van der Waals surface area contributed by atoms with E-state index >= 15 is 0 Å². The Balaban J connectivity index is 3.04. The number of benzene rings is 1. The summed E-state index contributed by atoms with van der Waals surface area (Å²) in [5.41, 5.74) is 2.13. The largest absolute Gasteiger partial charge is 0.496 e. The number of hydrogen-bond acceptors (Lipinski definition) is 2. The van der Waals surface area contributed by atoms with Crippen LogP contribution >= 0.6 is 0 Å². The van der Waals surface area contributed by atoms with Crippen LogP contribution < -0.4 is 4.74 Å². The van der Waals surface area contributed by atoms with Gasteiger partial charge in [-0.15, -0.1) is 0 Å². The van der Waals surface area contributed by atoms with Gasteiger partial charge >= 0.3 is 0 Å². The molecule has 1 aromatic rings. The van der Waals surface area contributed by atoms with Gasteiger partial charge in [-0.1, -0.05) is 19.1 Å². The molecule has 0 aliphatic heterocycles. The minimum atomic E-state index is -0.00972. The van der Waals surface area contributed by atoms with Gasteiger partial charge in [0.1, 0.15) is 12.0 Å². The Labute approximate surface area is 84.9 Å². The number of carbonyl (C=O) groups excluding carboxylic acids is 1. The summed E-state index contributed by atoms with van der Waals surface area (Å²) in [6.45, 7) is 4.00. The molecule has 1 aromatic carbocycles. The predicted octanol–water partition coefficient (Wildman–Crippen LogP) is 2.70. The average Bonchev–Trinajstić information content (AvgIpc) is 2.22. The van der Waals surface area contributed by atoms with E-state index in [1.807, 2.05) is 32.0 Å². The second-order valence-electron chi connectivity index (χ2n) is 3.38. The molecule has 1 rings (SSSR count). The summed E-state index contributed by atoms with van der Waals surface area (Å²) in [5, 5.41) is 0. The van der Waals surface area contributed by atoms with Crippen molar-refractivity contribution in [2.75, 3.05) is 7.11 Å². The highest BCUT2D eigenvalue weighted by Crippen LogP contribution is 2.24. The first-order valence-electron chi connectivity index (χ1n) is 4.82. The van der Waals surface area contributed by atoms with E-state index in [4.69, 9.17) is 4.74 Å². The normalized spacial score (nSPS) is 12.2. The Hall–Kier alpha value is -1.31. The van der Waals surface area contributed by atoms with Crippen LogP contribution in [0.25, 0.3) is 0 Å². The van der Waals surface area contributed by atoms with E-state index in [-0.39, 0.29) is 5.92 Å². The van der Waals surface area contributed by atoms with Gasteiger partial charge in [-0.25, -0.2) is 0 Å². The fourth-order valence-electron chi connectivity index (χ4n) is 1.48. The number of aryl methyl sites for hydroxylation is 1. The highest BCUT2D eigenvalue weighted by molar-refractivity contribution is 5.62. The number of methoxy groups -OCH3 is 1. The van der Waals surface area contributed by atoms with Gasteiger partial charge in [0.25, 0.3) is 0 Å². The first-order chi connectivity index (χ1) is 6.72. The Morgan fingerprint density at radius 1 is 1.50 bits per heavy atom. The summed E-state index contributed by atoms with van der Waals surface area (Å²) in [5.74, 6) is 0.840. The van der Waals surface area contributed by atoms with Crippen molar-refractivity contribution in [3.8, 4) is 5.75 Å². The summed E-state index contributed by atoms with van der Waals surface area (Å²) < 4.78 is 5.21. The van der Waals surface area contributed by atoms with Crippen LogP contribution in [-0.2, 0) is 4.79 Å². The molecule has 14 heavy (non-hydrogen) atoms. The molecule has 1 atom stereocenters. The summed E-state index contributed by atoms with van der Waals surface area (Å²) in [7, 11) is 1.65. The molecule has 0 aliphatic carbocycles. The van der Waals surface area contributed by atoms with Crippen molar-refractivity contribution in [1.29, 1.82) is 0 Å². The van der Waals surface area contributed by atoms with Crippen LogP contribution in [0.1, 0.15) is 30.4 Å². The van der Waals surface area contributed by atoms with Crippen molar-refractivity contribution in [2.45, 2.75) is 26.2 Å². The van der Waals surface area contributed by atoms with E-state index in [1.165, 1.54) is 0 Å². The Bertz CT molecular complexity index is 318. The molecule has 0 aromatic heterocycles. The maximum Gasteiger partial charge on any atom is 0.127 e. The maximum absolute atomic E-state index is 10.8. The molecule has 0 spiro atoms. The molecule has 0 heterocycles. The minimum absolute atomic E-state index is 0.00972. The summed E-state index contributed by atoms with van der Waals surface area (Å²) in [4.78, 5) is 10.8. The van der Waals surface area contributed by atoms with E-state index < -0.39 is 0 Å². The molecule has 0 N–H and O–H groups in total. The number of hydrogen-bond donors (Lipinski definition) is 0. The predicted molar refractivity (Wildman–Crippen MR) is 56.8 cm³/mol. The summed E-state index contributed by atoms with van der Waals surface area (Å²) >= 11 is 0. The SMILES string of the molecule is CCC(C=O)c1ccc(C)c(OC)c1. The first kappa shape index (κ1) is 10.8. The molecule has 2 nitrogen and oxygen atoms in total. The monoisotopic (exact) mass is 192 g/mol. The Morgan fingerprint density at radius 3 is 2.71 bits per heavy atom. The molecule has 2 heteroatoms. The molecule has 0 saturated heterocycles. The zero-order valence-electron chi connectivity index (χ0n) is 8.91. The van der Waals surface area contributed by atoms with E-state index in [2.05, 4.69) is 0 Å². The highest BCUT2D eigenvalue weighted by Gasteiger charge is 2.09. The molecule has 0 fully saturated rings. The van der Waals surface area contributed by atoms with Crippen molar-refractivity contribution in [3.63, 3.8) is 0 Å². The van der Waals surface area contributed by atoms with Crippen LogP contribution in [0.3, 0.4) is 0 Å². The fraction of sp³-hybridized carbons (Fsp3) is 0.417. The van der Waals surface area contributed by atoms with Gasteiger partial charge in [-0.2, -0.15) is 0 Å². The number of rotatable bonds is 4. The van der Waals surface area contributed by atoms with E-state index in [0.717, 1.165) is 29.6 Å². The van der Waals surface area contributed by atoms with Gasteiger partial charge in [-0.3, -0.25) is 0 Å². The quantitative estimate of drug-likeness (QED) is 0.685. The molecular formula is C12H16O2. The minimum Gasteiger partial charge on any atom is -0.496 e. The van der Waals surface area contributed by atoms with Crippen molar-refractivity contribution in [1.82, 2.24) is 0 Å². The summed E-state index contributed by atoms with van der Waals surface area (Å²) in [6, 6.07) is 5.92. The van der Waals surface area contributed by atoms with Crippen molar-refractivity contribution in [2.24, 2.45) is 0 Å². The Morgan fingerprint density at radius 2 is 2.21 bits per heavy atom. The van der Waals surface area contributed by atoms with Crippen molar-refractivity contribution < 1.29 is 9.53 Å². The van der Waals surface area contributed by atoms with E-state index in [1.54, 1.807) is 7.11 Å². The van der Waals surface area contributed by atoms with Gasteiger partial charge < -0.3 is 9.53 Å². The van der Waals surface area contributed by atoms with Gasteiger partial charge in [0.2, 0.25) is 0 Å². The zero-order chi connectivity index (χ0) is 10.6. The molecule has 1 unspecified atom stereocenters. The second kappa shape index (κ2) is 4.80. The average molecular weight is 192 g/mol. The fourth-order valence-corrected chi connectivity index (χ4v) is 1.48. The van der Waals surface area contributed by atoms with Gasteiger partial charge in [0.15, 0.2) is 0 Å². The molecule has 76 valence electrons. The zero-order valence-corrected chi connectivity index (χ0v) is 8.91. The molecule has 0 aliphatic rings. The van der Waals surface area contributed by atoms with E-state index in [9.17, 15) is 4.79 Å². The van der Waals surface area contributed by atoms with Crippen LogP contribution in [0.15, 0.2) is 18.2 Å². The molecule has 0 saturated carbocycles. The Kier molecular flexibility index (Phi) is 3.69. The lowest BCUT2D eigenvalue weighted by Gasteiger charge is -2.11. The highest BCUT2D eigenvalue weighted by atomic mass is 16.5. The van der Waals surface area contributed by atoms with Crippen LogP contribution in [0.2, 0.25) is 0 Å². The van der Waals surface area contributed by atoms with Crippen molar-refractivity contribution in [3.05, 3.63) is 29.3 Å². The third-order valence-corrected chi connectivity index (χ3v) is 2.46. The lowest BCUT2D eigenvalue weighted by Crippen LogP contribution is -1.99. The molecular weight excluding hydrogens is 176 g/mol. The van der Waals surface area contributed by atoms with Gasteiger partial charge in [0.05, 0.1) is 7.11 Å². The number of ether oxygens (including phenoxy) is 1. The molecule has 0 radical (unpaired) electrons. The first-order valence-corrected chi connectivity index (χ1v) is 4.82. The number of aldehydes is 1. The van der Waals surface area contributed by atoms with Crippen molar-refractivity contribution >= 4 is 6.29 Å². The lowest BCUT2D eigenvalue weighted by atomic mass is 9.97. The van der Waals surface area contributed by atoms with Crippen LogP contribution in [0.4, 0.5) is 0 Å². The third kappa shape index (κ3) is 2.13. The maximum atomic E-state index is 10.8. The van der Waals surface area contributed by atoms with Gasteiger partial charge in [0, 0.05) is 5.92 Å². The topological polar surface area (TPSA) is 26.3 Å².